The summed E-state index contributed by atoms with van der Waals surface area (Å²) in [7, 11) is 0. The van der Waals surface area contributed by atoms with E-state index in [1.807, 2.05) is 105 Å². The quantitative estimate of drug-likeness (QED) is 0.104. The normalized spacial score (nSPS) is 10.2. The van der Waals surface area contributed by atoms with Crippen LogP contribution in [0.15, 0.2) is 116 Å². The van der Waals surface area contributed by atoms with Gasteiger partial charge >= 0.3 is 18.0 Å². The molecule has 10 nitrogen and oxygen atoms in total. The van der Waals surface area contributed by atoms with E-state index in [4.69, 9.17) is 14.2 Å². The third-order valence-corrected chi connectivity index (χ3v) is 5.94. The summed E-state index contributed by atoms with van der Waals surface area (Å²) in [5.74, 6) is -1.05. The van der Waals surface area contributed by atoms with E-state index in [9.17, 15) is 19.2 Å². The summed E-state index contributed by atoms with van der Waals surface area (Å²) in [6, 6.07) is 27.6. The molecule has 3 rings (SSSR count). The van der Waals surface area contributed by atoms with Gasteiger partial charge in [0.2, 0.25) is 5.91 Å². The number of rotatable bonds is 15. The van der Waals surface area contributed by atoms with E-state index >= 15 is 0 Å². The minimum atomic E-state index is -0.605. The summed E-state index contributed by atoms with van der Waals surface area (Å²) < 4.78 is 15.2. The lowest BCUT2D eigenvalue weighted by Gasteiger charge is -2.19. The van der Waals surface area contributed by atoms with Crippen LogP contribution in [0.2, 0.25) is 0 Å². The Morgan fingerprint density at radius 3 is 1.53 bits per heavy atom. The number of benzene rings is 3. The van der Waals surface area contributed by atoms with E-state index in [-0.39, 0.29) is 38.2 Å². The van der Waals surface area contributed by atoms with Gasteiger partial charge in [0.05, 0.1) is 6.54 Å². The predicted octanol–water partition coefficient (Wildman–Crippen LogP) is 5.99. The highest BCUT2D eigenvalue weighted by molar-refractivity contribution is 5.85. The molecule has 2 amide bonds. The number of ether oxygens (including phenoxy) is 3. The first-order valence-corrected chi connectivity index (χ1v) is 15.3. The van der Waals surface area contributed by atoms with E-state index in [0.717, 1.165) is 16.7 Å². The van der Waals surface area contributed by atoms with Crippen molar-refractivity contribution in [2.45, 2.75) is 59.5 Å². The van der Waals surface area contributed by atoms with E-state index < -0.39 is 18.1 Å². The molecule has 1 atom stereocenters. The molecular formula is C37H47N3O7. The molecule has 0 radical (unpaired) electrons. The van der Waals surface area contributed by atoms with Crippen LogP contribution in [0.5, 0.6) is 0 Å². The molecule has 47 heavy (non-hydrogen) atoms. The van der Waals surface area contributed by atoms with Crippen LogP contribution < -0.4 is 16.0 Å². The van der Waals surface area contributed by atoms with E-state index in [2.05, 4.69) is 29.1 Å². The van der Waals surface area contributed by atoms with Crippen molar-refractivity contribution in [1.29, 1.82) is 0 Å². The maximum atomic E-state index is 12.4. The number of carbonyl (C=O) groups is 4. The molecule has 0 aromatic heterocycles. The van der Waals surface area contributed by atoms with Crippen molar-refractivity contribution < 1.29 is 33.4 Å². The van der Waals surface area contributed by atoms with Gasteiger partial charge in [-0.15, -0.1) is 6.58 Å². The summed E-state index contributed by atoms with van der Waals surface area (Å²) in [5.41, 5.74) is 3.21. The lowest BCUT2D eigenvalue weighted by Crippen LogP contribution is -2.46. The molecule has 0 heterocycles. The number of nitrogens with one attached hydrogen (secondary N) is 3. The van der Waals surface area contributed by atoms with Gasteiger partial charge in [-0.1, -0.05) is 117 Å². The minimum Gasteiger partial charge on any atom is -0.461 e. The number of esters is 2. The first-order valence-electron chi connectivity index (χ1n) is 15.3. The van der Waals surface area contributed by atoms with Gasteiger partial charge in [0.1, 0.15) is 32.4 Å². The van der Waals surface area contributed by atoms with Gasteiger partial charge in [-0.05, 0) is 30.0 Å². The Hall–Kier alpha value is -5.38. The number of carbonyl (C=O) groups excluding carboxylic acids is 4. The summed E-state index contributed by atoms with van der Waals surface area (Å²) in [6.45, 7) is 13.2. The highest BCUT2D eigenvalue weighted by Crippen LogP contribution is 2.03. The largest absolute Gasteiger partial charge is 0.461 e. The third kappa shape index (κ3) is 19.6. The summed E-state index contributed by atoms with van der Waals surface area (Å²) in [4.78, 5) is 46.8. The molecule has 0 spiro atoms. The zero-order valence-electron chi connectivity index (χ0n) is 27.5. The molecule has 0 saturated carbocycles. The SMILES string of the molecule is C=C(CNC(=O)OCc1ccccc1)NC(CC)C(=O)NCC(=O)OCc1ccccc1.C=CC.CCC(=O)OCc1ccccc1. The lowest BCUT2D eigenvalue weighted by atomic mass is 10.2. The second kappa shape index (κ2) is 24.9. The Labute approximate surface area is 278 Å². The van der Waals surface area contributed by atoms with E-state index in [1.165, 1.54) is 0 Å². The second-order valence-electron chi connectivity index (χ2n) is 9.90. The molecule has 0 saturated heterocycles. The molecular weight excluding hydrogens is 598 g/mol. The maximum absolute atomic E-state index is 12.4. The Bertz CT molecular complexity index is 1350. The fourth-order valence-corrected chi connectivity index (χ4v) is 3.52. The Morgan fingerprint density at radius 1 is 0.681 bits per heavy atom. The zero-order valence-corrected chi connectivity index (χ0v) is 27.5. The van der Waals surface area contributed by atoms with Crippen LogP contribution in [0.1, 0.15) is 50.3 Å². The molecule has 3 N–H and O–H groups in total. The van der Waals surface area contributed by atoms with Crippen molar-refractivity contribution in [3.63, 3.8) is 0 Å². The number of hydrogen-bond acceptors (Lipinski definition) is 8. The summed E-state index contributed by atoms with van der Waals surface area (Å²) in [6.07, 6.45) is 2.06. The van der Waals surface area contributed by atoms with Crippen molar-refractivity contribution in [3.8, 4) is 0 Å². The van der Waals surface area contributed by atoms with Crippen molar-refractivity contribution in [2.75, 3.05) is 13.1 Å². The molecule has 10 heteroatoms. The van der Waals surface area contributed by atoms with Gasteiger partial charge in [0.15, 0.2) is 0 Å². The molecule has 0 aliphatic heterocycles. The van der Waals surface area contributed by atoms with Crippen LogP contribution in [-0.2, 0) is 48.4 Å². The van der Waals surface area contributed by atoms with Gasteiger partial charge < -0.3 is 30.2 Å². The van der Waals surface area contributed by atoms with Crippen LogP contribution >= 0.6 is 0 Å². The smallest absolute Gasteiger partial charge is 0.407 e. The fraction of sp³-hybridized carbons (Fsp3) is 0.297. The van der Waals surface area contributed by atoms with Gasteiger partial charge in [-0.25, -0.2) is 4.79 Å². The number of amides is 2. The van der Waals surface area contributed by atoms with Crippen molar-refractivity contribution in [2.24, 2.45) is 0 Å². The number of hydrogen-bond donors (Lipinski definition) is 3. The van der Waals surface area contributed by atoms with Crippen molar-refractivity contribution >= 4 is 23.9 Å². The first-order chi connectivity index (χ1) is 22.7. The molecule has 3 aromatic rings. The van der Waals surface area contributed by atoms with Gasteiger partial charge in [-0.2, -0.15) is 0 Å². The van der Waals surface area contributed by atoms with E-state index in [0.29, 0.717) is 25.1 Å². The molecule has 1 unspecified atom stereocenters. The Kier molecular flexibility index (Phi) is 21.0. The van der Waals surface area contributed by atoms with Crippen LogP contribution in [0.25, 0.3) is 0 Å². The first kappa shape index (κ1) is 39.6. The fourth-order valence-electron chi connectivity index (χ4n) is 3.52. The Morgan fingerprint density at radius 2 is 1.11 bits per heavy atom. The number of alkyl carbamates (subject to hydrolysis) is 1. The Balaban J connectivity index is 0.000000608. The monoisotopic (exact) mass is 645 g/mol. The summed E-state index contributed by atoms with van der Waals surface area (Å²) in [5, 5.41) is 8.07. The van der Waals surface area contributed by atoms with Crippen LogP contribution in [0.3, 0.4) is 0 Å². The van der Waals surface area contributed by atoms with Crippen LogP contribution in [0.4, 0.5) is 4.79 Å². The van der Waals surface area contributed by atoms with Crippen molar-refractivity contribution in [3.05, 3.63) is 133 Å². The zero-order chi connectivity index (χ0) is 34.7. The molecule has 0 fully saturated rings. The maximum Gasteiger partial charge on any atom is 0.407 e. The van der Waals surface area contributed by atoms with Crippen LogP contribution in [-0.4, -0.2) is 43.1 Å². The molecule has 0 aliphatic carbocycles. The summed E-state index contributed by atoms with van der Waals surface area (Å²) >= 11 is 0. The standard InChI is InChI=1S/C24H29N3O5.C10H12O2.C3H6/c1-3-21(23(29)25-15-22(28)31-16-19-10-6-4-7-11-19)27-18(2)14-26-24(30)32-17-20-12-8-5-9-13-20;1-2-10(11)12-8-9-6-4-3-5-7-9;1-3-2/h4-13,21,27H,2-3,14-17H2,1H3,(H,25,29)(H,26,30);3-7H,2,8H2,1H3;3H,1H2,2H3. The minimum absolute atomic E-state index is 0.0938. The topological polar surface area (TPSA) is 132 Å². The second-order valence-corrected chi connectivity index (χ2v) is 9.90. The molecule has 252 valence electrons. The molecule has 0 aliphatic rings. The van der Waals surface area contributed by atoms with Crippen molar-refractivity contribution in [1.82, 2.24) is 16.0 Å². The molecule has 3 aromatic carbocycles. The lowest BCUT2D eigenvalue weighted by molar-refractivity contribution is -0.145. The third-order valence-electron chi connectivity index (χ3n) is 5.94. The van der Waals surface area contributed by atoms with Crippen LogP contribution in [0, 0.1) is 0 Å². The molecule has 0 bridgehead atoms. The van der Waals surface area contributed by atoms with Gasteiger partial charge in [0, 0.05) is 12.1 Å². The number of allylic oxidation sites excluding steroid dienone is 1. The predicted molar refractivity (Wildman–Crippen MR) is 183 cm³/mol. The van der Waals surface area contributed by atoms with Gasteiger partial charge in [0.25, 0.3) is 0 Å². The highest BCUT2D eigenvalue weighted by atomic mass is 16.5. The highest BCUT2D eigenvalue weighted by Gasteiger charge is 2.18. The average molecular weight is 646 g/mol. The van der Waals surface area contributed by atoms with Gasteiger partial charge in [-0.3, -0.25) is 14.4 Å². The average Bonchev–Trinajstić information content (AvgIpc) is 3.11. The van der Waals surface area contributed by atoms with E-state index in [1.54, 1.807) is 13.0 Å².